The van der Waals surface area contributed by atoms with Gasteiger partial charge >= 0.3 is 0 Å². The Morgan fingerprint density at radius 3 is 2.67 bits per heavy atom. The van der Waals surface area contributed by atoms with Crippen molar-refractivity contribution in [3.63, 3.8) is 0 Å². The van der Waals surface area contributed by atoms with Gasteiger partial charge in [-0.2, -0.15) is 5.10 Å². The van der Waals surface area contributed by atoms with Crippen molar-refractivity contribution >= 4 is 5.82 Å². The lowest BCUT2D eigenvalue weighted by Gasteiger charge is -2.06. The summed E-state index contributed by atoms with van der Waals surface area (Å²) in [4.78, 5) is 0. The average molecular weight is 281 g/mol. The summed E-state index contributed by atoms with van der Waals surface area (Å²) in [5.41, 5.74) is 3.18. The normalized spacial score (nSPS) is 10.3. The van der Waals surface area contributed by atoms with Crippen molar-refractivity contribution in [1.82, 2.24) is 20.4 Å². The van der Waals surface area contributed by atoms with Gasteiger partial charge in [0, 0.05) is 18.2 Å². The Balaban J connectivity index is 1.72. The third kappa shape index (κ3) is 3.00. The molecule has 2 N–H and O–H groups in total. The predicted octanol–water partition coefficient (Wildman–Crippen LogP) is 2.49. The van der Waals surface area contributed by atoms with E-state index in [1.54, 1.807) is 13.2 Å². The Morgan fingerprint density at radius 1 is 1.10 bits per heavy atom. The first kappa shape index (κ1) is 13.1. The smallest absolute Gasteiger partial charge is 0.233 e. The van der Waals surface area contributed by atoms with E-state index >= 15 is 0 Å². The molecule has 0 atom stereocenters. The zero-order valence-corrected chi connectivity index (χ0v) is 11.6. The Bertz CT molecular complexity index is 694. The molecule has 106 valence electrons. The molecule has 0 fully saturated rings. The largest absolute Gasteiger partial charge is 0.480 e. The number of hydrogen-bond acceptors (Lipinski definition) is 5. The van der Waals surface area contributed by atoms with Gasteiger partial charge in [0.2, 0.25) is 5.88 Å². The van der Waals surface area contributed by atoms with E-state index in [-0.39, 0.29) is 0 Å². The van der Waals surface area contributed by atoms with Crippen LogP contribution in [0.25, 0.3) is 11.3 Å². The number of nitrogens with zero attached hydrogens (tertiary/aromatic N) is 3. The minimum atomic E-state index is 0.494. The number of nitrogens with one attached hydrogen (secondary N) is 2. The van der Waals surface area contributed by atoms with E-state index in [4.69, 9.17) is 4.74 Å². The summed E-state index contributed by atoms with van der Waals surface area (Å²) in [6.45, 7) is 0.613. The molecule has 21 heavy (non-hydrogen) atoms. The highest BCUT2D eigenvalue weighted by Crippen LogP contribution is 2.21. The van der Waals surface area contributed by atoms with Gasteiger partial charge in [0.15, 0.2) is 0 Å². The highest BCUT2D eigenvalue weighted by atomic mass is 16.5. The standard InChI is InChI=1S/C15H15N5O/c1-21-14-8-7-13(18-19-14)16-9-12-10-17-20-15(12)11-5-3-2-4-6-11/h2-8,10H,9H2,1H3,(H,16,18)(H,17,20). The van der Waals surface area contributed by atoms with Crippen molar-refractivity contribution in [3.8, 4) is 17.1 Å². The van der Waals surface area contributed by atoms with Gasteiger partial charge in [0.1, 0.15) is 5.82 Å². The van der Waals surface area contributed by atoms with E-state index < -0.39 is 0 Å². The van der Waals surface area contributed by atoms with E-state index in [2.05, 4.69) is 25.7 Å². The molecule has 0 saturated carbocycles. The first-order valence-electron chi connectivity index (χ1n) is 6.56. The third-order valence-corrected chi connectivity index (χ3v) is 3.09. The number of methoxy groups -OCH3 is 1. The van der Waals surface area contributed by atoms with Gasteiger partial charge < -0.3 is 10.1 Å². The zero-order valence-electron chi connectivity index (χ0n) is 11.6. The molecule has 0 unspecified atom stereocenters. The minimum absolute atomic E-state index is 0.494. The maximum Gasteiger partial charge on any atom is 0.233 e. The number of anilines is 1. The molecule has 0 bridgehead atoms. The third-order valence-electron chi connectivity index (χ3n) is 3.09. The van der Waals surface area contributed by atoms with Crippen molar-refractivity contribution in [1.29, 1.82) is 0 Å². The fourth-order valence-electron chi connectivity index (χ4n) is 2.01. The van der Waals surface area contributed by atoms with Crippen LogP contribution in [0.1, 0.15) is 5.56 Å². The van der Waals surface area contributed by atoms with Crippen LogP contribution in [-0.2, 0) is 6.54 Å². The number of rotatable bonds is 5. The highest BCUT2D eigenvalue weighted by molar-refractivity contribution is 5.62. The second kappa shape index (κ2) is 6.04. The fourth-order valence-corrected chi connectivity index (χ4v) is 2.01. The lowest BCUT2D eigenvalue weighted by Crippen LogP contribution is -2.03. The summed E-state index contributed by atoms with van der Waals surface area (Å²) in [7, 11) is 1.56. The first-order chi connectivity index (χ1) is 10.4. The van der Waals surface area contributed by atoms with Gasteiger partial charge in [-0.15, -0.1) is 10.2 Å². The van der Waals surface area contributed by atoms with E-state index in [9.17, 15) is 0 Å². The molecule has 2 heterocycles. The van der Waals surface area contributed by atoms with Crippen LogP contribution >= 0.6 is 0 Å². The summed E-state index contributed by atoms with van der Waals surface area (Å²) in [6, 6.07) is 13.7. The summed E-state index contributed by atoms with van der Waals surface area (Å²) in [5, 5.41) is 18.3. The first-order valence-corrected chi connectivity index (χ1v) is 6.56. The predicted molar refractivity (Wildman–Crippen MR) is 79.9 cm³/mol. The second-order valence-corrected chi connectivity index (χ2v) is 4.45. The minimum Gasteiger partial charge on any atom is -0.480 e. The summed E-state index contributed by atoms with van der Waals surface area (Å²) < 4.78 is 4.98. The van der Waals surface area contributed by atoms with Crippen LogP contribution in [0, 0.1) is 0 Å². The quantitative estimate of drug-likeness (QED) is 0.751. The van der Waals surface area contributed by atoms with Crippen molar-refractivity contribution in [2.24, 2.45) is 0 Å². The molecular formula is C15H15N5O. The monoisotopic (exact) mass is 281 g/mol. The molecule has 0 aliphatic carbocycles. The summed E-state index contributed by atoms with van der Waals surface area (Å²) >= 11 is 0. The van der Waals surface area contributed by atoms with E-state index in [0.717, 1.165) is 16.8 Å². The van der Waals surface area contributed by atoms with E-state index in [1.807, 2.05) is 42.6 Å². The van der Waals surface area contributed by atoms with Crippen molar-refractivity contribution in [2.45, 2.75) is 6.54 Å². The lowest BCUT2D eigenvalue weighted by atomic mass is 10.1. The molecule has 6 nitrogen and oxygen atoms in total. The molecule has 0 aliphatic rings. The number of H-pyrrole nitrogens is 1. The zero-order chi connectivity index (χ0) is 14.5. The van der Waals surface area contributed by atoms with Crippen LogP contribution in [0.15, 0.2) is 48.7 Å². The van der Waals surface area contributed by atoms with Crippen LogP contribution < -0.4 is 10.1 Å². The Morgan fingerprint density at radius 2 is 1.95 bits per heavy atom. The van der Waals surface area contributed by atoms with E-state index in [0.29, 0.717) is 18.2 Å². The van der Waals surface area contributed by atoms with Crippen LogP contribution in [0.4, 0.5) is 5.82 Å². The van der Waals surface area contributed by atoms with Crippen LogP contribution in [-0.4, -0.2) is 27.5 Å². The molecule has 0 radical (unpaired) electrons. The molecule has 6 heteroatoms. The molecule has 0 amide bonds. The van der Waals surface area contributed by atoms with Gasteiger partial charge in [-0.1, -0.05) is 30.3 Å². The van der Waals surface area contributed by atoms with E-state index in [1.165, 1.54) is 0 Å². The van der Waals surface area contributed by atoms with Crippen molar-refractivity contribution in [3.05, 3.63) is 54.2 Å². The van der Waals surface area contributed by atoms with Gasteiger partial charge in [-0.3, -0.25) is 5.10 Å². The number of benzene rings is 1. The molecule has 1 aromatic carbocycles. The molecule has 0 aliphatic heterocycles. The molecule has 3 aromatic rings. The summed E-state index contributed by atoms with van der Waals surface area (Å²) in [6.07, 6.45) is 1.81. The van der Waals surface area contributed by atoms with Gasteiger partial charge in [0.05, 0.1) is 19.0 Å². The van der Waals surface area contributed by atoms with Gasteiger partial charge in [-0.05, 0) is 11.6 Å². The number of ether oxygens (including phenoxy) is 1. The SMILES string of the molecule is COc1ccc(NCc2cn[nH]c2-c2ccccc2)nn1. The Hall–Kier alpha value is -2.89. The fraction of sp³-hybridized carbons (Fsp3) is 0.133. The Labute approximate surface area is 122 Å². The van der Waals surface area contributed by atoms with Gasteiger partial charge in [-0.25, -0.2) is 0 Å². The molecule has 3 rings (SSSR count). The molecule has 0 saturated heterocycles. The van der Waals surface area contributed by atoms with Crippen LogP contribution in [0.2, 0.25) is 0 Å². The average Bonchev–Trinajstić information content (AvgIpc) is 3.03. The topological polar surface area (TPSA) is 75.7 Å². The molecule has 2 aromatic heterocycles. The Kier molecular flexibility index (Phi) is 3.77. The van der Waals surface area contributed by atoms with Crippen molar-refractivity contribution in [2.75, 3.05) is 12.4 Å². The molecular weight excluding hydrogens is 266 g/mol. The van der Waals surface area contributed by atoms with Crippen molar-refractivity contribution < 1.29 is 4.74 Å². The van der Waals surface area contributed by atoms with Crippen LogP contribution in [0.3, 0.4) is 0 Å². The number of aromatic nitrogens is 4. The highest BCUT2D eigenvalue weighted by Gasteiger charge is 2.07. The lowest BCUT2D eigenvalue weighted by molar-refractivity contribution is 0.392. The molecule has 0 spiro atoms. The number of aromatic amines is 1. The second-order valence-electron chi connectivity index (χ2n) is 4.45. The maximum atomic E-state index is 4.98. The summed E-state index contributed by atoms with van der Waals surface area (Å²) in [5.74, 6) is 1.19. The van der Waals surface area contributed by atoms with Gasteiger partial charge in [0.25, 0.3) is 0 Å². The number of hydrogen-bond donors (Lipinski definition) is 2. The van der Waals surface area contributed by atoms with Crippen LogP contribution in [0.5, 0.6) is 5.88 Å². The maximum absolute atomic E-state index is 4.98.